The van der Waals surface area contributed by atoms with Crippen molar-refractivity contribution in [2.75, 3.05) is 19.5 Å². The highest BCUT2D eigenvalue weighted by Crippen LogP contribution is 2.29. The fourth-order valence-electron chi connectivity index (χ4n) is 3.41. The van der Waals surface area contributed by atoms with Crippen LogP contribution in [0, 0.1) is 0 Å². The third-order valence-corrected chi connectivity index (χ3v) is 4.88. The van der Waals surface area contributed by atoms with Crippen molar-refractivity contribution in [3.05, 3.63) is 84.2 Å². The van der Waals surface area contributed by atoms with Gasteiger partial charge in [-0.25, -0.2) is 4.98 Å². The van der Waals surface area contributed by atoms with Crippen molar-refractivity contribution in [1.29, 1.82) is 0 Å². The van der Waals surface area contributed by atoms with Gasteiger partial charge in [0.25, 0.3) is 0 Å². The molecule has 2 N–H and O–H groups in total. The average Bonchev–Trinajstić information content (AvgIpc) is 3.16. The number of aromatic amines is 1. The molecule has 2 heterocycles. The van der Waals surface area contributed by atoms with E-state index in [0.29, 0.717) is 5.88 Å². The average molecular weight is 373 g/mol. The summed E-state index contributed by atoms with van der Waals surface area (Å²) < 4.78 is 10.6. The summed E-state index contributed by atoms with van der Waals surface area (Å²) in [6, 6.07) is 20.3. The van der Waals surface area contributed by atoms with Gasteiger partial charge < -0.3 is 19.8 Å². The number of aromatic nitrogens is 2. The molecule has 5 nitrogen and oxygen atoms in total. The largest absolute Gasteiger partial charge is 0.497 e. The van der Waals surface area contributed by atoms with Gasteiger partial charge in [0.05, 0.1) is 20.3 Å². The first-order valence-electron chi connectivity index (χ1n) is 9.22. The second-order valence-electron chi connectivity index (χ2n) is 6.63. The zero-order valence-corrected chi connectivity index (χ0v) is 16.0. The summed E-state index contributed by atoms with van der Waals surface area (Å²) in [6.07, 6.45) is 4.77. The number of rotatable bonds is 7. The Morgan fingerprint density at radius 1 is 1.00 bits per heavy atom. The quantitative estimate of drug-likeness (QED) is 0.480. The Balaban J connectivity index is 1.67. The molecule has 2 aromatic carbocycles. The minimum atomic E-state index is 0.0460. The highest BCUT2D eigenvalue weighted by Gasteiger charge is 2.16. The number of hydrogen-bond donors (Lipinski definition) is 2. The van der Waals surface area contributed by atoms with E-state index in [1.165, 1.54) is 10.9 Å². The summed E-state index contributed by atoms with van der Waals surface area (Å²) in [5, 5.41) is 4.87. The zero-order chi connectivity index (χ0) is 19.3. The van der Waals surface area contributed by atoms with E-state index in [9.17, 15) is 0 Å². The van der Waals surface area contributed by atoms with E-state index in [2.05, 4.69) is 45.7 Å². The van der Waals surface area contributed by atoms with Gasteiger partial charge in [0.1, 0.15) is 5.75 Å². The van der Waals surface area contributed by atoms with Crippen LogP contribution < -0.4 is 14.8 Å². The molecule has 0 radical (unpaired) electrons. The molecule has 0 fully saturated rings. The Labute approximate surface area is 164 Å². The van der Waals surface area contributed by atoms with Gasteiger partial charge in [-0.1, -0.05) is 30.3 Å². The Bertz CT molecular complexity index is 1060. The van der Waals surface area contributed by atoms with Crippen LogP contribution in [0.3, 0.4) is 0 Å². The molecule has 0 saturated carbocycles. The molecule has 0 saturated heterocycles. The van der Waals surface area contributed by atoms with Crippen LogP contribution >= 0.6 is 0 Å². The number of anilines is 1. The third-order valence-electron chi connectivity index (χ3n) is 4.88. The first-order chi connectivity index (χ1) is 13.8. The molecule has 28 heavy (non-hydrogen) atoms. The Hall–Kier alpha value is -3.47. The Morgan fingerprint density at radius 2 is 1.89 bits per heavy atom. The van der Waals surface area contributed by atoms with Crippen LogP contribution in [-0.4, -0.2) is 24.2 Å². The van der Waals surface area contributed by atoms with Gasteiger partial charge in [-0.3, -0.25) is 0 Å². The number of fused-ring (bicyclic) bond motifs is 1. The number of pyridine rings is 1. The number of ether oxygens (including phenoxy) is 2. The molecule has 0 spiro atoms. The normalized spacial score (nSPS) is 11.9. The molecule has 0 aliphatic carbocycles. The van der Waals surface area contributed by atoms with E-state index in [0.717, 1.165) is 28.9 Å². The molecule has 4 rings (SSSR count). The third kappa shape index (κ3) is 3.78. The lowest BCUT2D eigenvalue weighted by atomic mass is 9.99. The molecule has 0 aliphatic rings. The minimum Gasteiger partial charge on any atom is -0.497 e. The van der Waals surface area contributed by atoms with Crippen molar-refractivity contribution in [3.8, 4) is 11.6 Å². The van der Waals surface area contributed by atoms with E-state index in [4.69, 9.17) is 9.47 Å². The summed E-state index contributed by atoms with van der Waals surface area (Å²) >= 11 is 0. The number of nitrogens with zero attached hydrogens (tertiary/aromatic N) is 1. The summed E-state index contributed by atoms with van der Waals surface area (Å²) in [5.41, 5.74) is 4.49. The van der Waals surface area contributed by atoms with E-state index in [-0.39, 0.29) is 6.04 Å². The monoisotopic (exact) mass is 373 g/mol. The van der Waals surface area contributed by atoms with Crippen molar-refractivity contribution in [1.82, 2.24) is 9.97 Å². The van der Waals surface area contributed by atoms with Crippen LogP contribution in [0.4, 0.5) is 5.69 Å². The second kappa shape index (κ2) is 8.05. The van der Waals surface area contributed by atoms with Crippen LogP contribution in [-0.2, 0) is 6.42 Å². The minimum absolute atomic E-state index is 0.0460. The van der Waals surface area contributed by atoms with E-state index in [1.54, 1.807) is 14.2 Å². The number of para-hydroxylation sites is 1. The zero-order valence-electron chi connectivity index (χ0n) is 16.0. The summed E-state index contributed by atoms with van der Waals surface area (Å²) in [6.45, 7) is 0. The summed E-state index contributed by atoms with van der Waals surface area (Å²) in [5.74, 6) is 1.43. The van der Waals surface area contributed by atoms with Gasteiger partial charge in [-0.2, -0.15) is 0 Å². The summed E-state index contributed by atoms with van der Waals surface area (Å²) in [4.78, 5) is 7.75. The maximum atomic E-state index is 5.36. The molecule has 5 heteroatoms. The fourth-order valence-corrected chi connectivity index (χ4v) is 3.41. The molecule has 1 atom stereocenters. The predicted octanol–water partition coefficient (Wildman–Crippen LogP) is 4.98. The molecular formula is C23H23N3O2. The molecular weight excluding hydrogens is 350 g/mol. The molecule has 4 aromatic rings. The number of benzene rings is 2. The smallest absolute Gasteiger partial charge is 0.212 e. The Kier molecular flexibility index (Phi) is 5.15. The van der Waals surface area contributed by atoms with Gasteiger partial charge >= 0.3 is 0 Å². The van der Waals surface area contributed by atoms with Crippen LogP contribution in [0.1, 0.15) is 17.2 Å². The molecule has 0 amide bonds. The SMILES string of the molecule is COc1cccc(NC(Cc2c[nH]c3ccccc23)c2ccc(OC)nc2)c1. The van der Waals surface area contributed by atoms with Crippen LogP contribution in [0.2, 0.25) is 0 Å². The standard InChI is InChI=1S/C23H23N3O2/c1-27-19-7-5-6-18(13-19)26-22(16-10-11-23(28-2)25-14-16)12-17-15-24-21-9-4-3-8-20(17)21/h3-11,13-15,22,24,26H,12H2,1-2H3. The van der Waals surface area contributed by atoms with Gasteiger partial charge in [0, 0.05) is 41.1 Å². The van der Waals surface area contributed by atoms with E-state index < -0.39 is 0 Å². The maximum absolute atomic E-state index is 5.36. The fraction of sp³-hybridized carbons (Fsp3) is 0.174. The highest BCUT2D eigenvalue weighted by molar-refractivity contribution is 5.83. The number of H-pyrrole nitrogens is 1. The van der Waals surface area contributed by atoms with Crippen molar-refractivity contribution in [2.24, 2.45) is 0 Å². The number of nitrogens with one attached hydrogen (secondary N) is 2. The van der Waals surface area contributed by atoms with Crippen LogP contribution in [0.15, 0.2) is 73.1 Å². The molecule has 1 unspecified atom stereocenters. The van der Waals surface area contributed by atoms with Crippen molar-refractivity contribution >= 4 is 16.6 Å². The molecule has 0 bridgehead atoms. The predicted molar refractivity (Wildman–Crippen MR) is 112 cm³/mol. The highest BCUT2D eigenvalue weighted by atomic mass is 16.5. The van der Waals surface area contributed by atoms with Crippen molar-refractivity contribution in [3.63, 3.8) is 0 Å². The second-order valence-corrected chi connectivity index (χ2v) is 6.63. The van der Waals surface area contributed by atoms with Gasteiger partial charge in [-0.15, -0.1) is 0 Å². The molecule has 0 aliphatic heterocycles. The van der Waals surface area contributed by atoms with Gasteiger partial charge in [0.2, 0.25) is 5.88 Å². The molecule has 142 valence electrons. The molecule has 2 aromatic heterocycles. The van der Waals surface area contributed by atoms with Crippen LogP contribution in [0.25, 0.3) is 10.9 Å². The lowest BCUT2D eigenvalue weighted by molar-refractivity contribution is 0.397. The summed E-state index contributed by atoms with van der Waals surface area (Å²) in [7, 11) is 3.30. The maximum Gasteiger partial charge on any atom is 0.212 e. The van der Waals surface area contributed by atoms with Crippen molar-refractivity contribution in [2.45, 2.75) is 12.5 Å². The lowest BCUT2D eigenvalue weighted by Gasteiger charge is -2.21. The van der Waals surface area contributed by atoms with Crippen molar-refractivity contribution < 1.29 is 9.47 Å². The van der Waals surface area contributed by atoms with Gasteiger partial charge in [0.15, 0.2) is 0 Å². The first kappa shape index (κ1) is 17.9. The lowest BCUT2D eigenvalue weighted by Crippen LogP contribution is -2.14. The topological polar surface area (TPSA) is 59.2 Å². The number of hydrogen-bond acceptors (Lipinski definition) is 4. The number of methoxy groups -OCH3 is 2. The Morgan fingerprint density at radius 3 is 2.68 bits per heavy atom. The van der Waals surface area contributed by atoms with Crippen LogP contribution in [0.5, 0.6) is 11.6 Å². The van der Waals surface area contributed by atoms with Gasteiger partial charge in [-0.05, 0) is 35.7 Å². The van der Waals surface area contributed by atoms with E-state index in [1.807, 2.05) is 42.6 Å². The van der Waals surface area contributed by atoms with E-state index >= 15 is 0 Å². The first-order valence-corrected chi connectivity index (χ1v) is 9.22.